The highest BCUT2D eigenvalue weighted by atomic mass is 16.3. The molecule has 160 valence electrons. The van der Waals surface area contributed by atoms with Crippen LogP contribution < -0.4 is 10.6 Å². The number of hydrogen-bond donors (Lipinski definition) is 3. The average molecular weight is 418 g/mol. The summed E-state index contributed by atoms with van der Waals surface area (Å²) in [5.41, 5.74) is 6.86. The number of aromatic nitrogens is 4. The summed E-state index contributed by atoms with van der Waals surface area (Å²) in [6.45, 7) is 8.33. The molecule has 0 bridgehead atoms. The van der Waals surface area contributed by atoms with Crippen molar-refractivity contribution in [2.75, 3.05) is 10.6 Å². The van der Waals surface area contributed by atoms with Crippen molar-refractivity contribution in [1.29, 1.82) is 5.41 Å². The zero-order valence-electron chi connectivity index (χ0n) is 18.4. The fraction of sp³-hybridized carbons (Fsp3) is 0.304. The summed E-state index contributed by atoms with van der Waals surface area (Å²) in [6.07, 6.45) is 3.82. The van der Waals surface area contributed by atoms with E-state index in [9.17, 15) is 0 Å². The van der Waals surface area contributed by atoms with Crippen molar-refractivity contribution in [3.05, 3.63) is 53.8 Å². The Kier molecular flexibility index (Phi) is 5.46. The average Bonchev–Trinajstić information content (AvgIpc) is 3.30. The van der Waals surface area contributed by atoms with Crippen molar-refractivity contribution in [1.82, 2.24) is 19.7 Å². The number of oxazole rings is 1. The Labute approximate surface area is 181 Å². The molecule has 4 aromatic rings. The Bertz CT molecular complexity index is 1250. The SMILES string of the molecule is CC(=N)c1nc(-c2cccc3oc(C)nc23)cc(NCc2cnn(C)c2)c1NC(C)C. The molecule has 8 heteroatoms. The number of fused-ring (bicyclic) bond motifs is 1. The van der Waals surface area contributed by atoms with Crippen LogP contribution in [-0.4, -0.2) is 31.5 Å². The maximum Gasteiger partial charge on any atom is 0.192 e. The number of aryl methyl sites for hydroxylation is 2. The van der Waals surface area contributed by atoms with Gasteiger partial charge in [-0.2, -0.15) is 5.10 Å². The molecule has 0 amide bonds. The standard InChI is InChI=1S/C23H27N7O/c1-13(2)27-23-19(25-10-16-11-26-30(5)12-16)9-18(29-21(23)14(3)24)17-7-6-8-20-22(17)28-15(4)31-20/h6-9,11-13,24,27H,10H2,1-5H3,(H,25,29). The second-order valence-corrected chi connectivity index (χ2v) is 7.96. The fourth-order valence-corrected chi connectivity index (χ4v) is 3.56. The van der Waals surface area contributed by atoms with E-state index in [1.807, 2.05) is 50.6 Å². The van der Waals surface area contributed by atoms with Crippen molar-refractivity contribution in [3.63, 3.8) is 0 Å². The Hall–Kier alpha value is -3.68. The van der Waals surface area contributed by atoms with E-state index in [-0.39, 0.29) is 6.04 Å². The number of anilines is 2. The van der Waals surface area contributed by atoms with E-state index in [2.05, 4.69) is 34.6 Å². The molecule has 0 unspecified atom stereocenters. The minimum absolute atomic E-state index is 0.186. The van der Waals surface area contributed by atoms with Crippen LogP contribution in [0.5, 0.6) is 0 Å². The van der Waals surface area contributed by atoms with Gasteiger partial charge in [-0.3, -0.25) is 4.68 Å². The minimum Gasteiger partial charge on any atom is -0.441 e. The Morgan fingerprint density at radius 1 is 1.26 bits per heavy atom. The van der Waals surface area contributed by atoms with Crippen molar-refractivity contribution >= 4 is 28.2 Å². The van der Waals surface area contributed by atoms with Crippen LogP contribution in [0.2, 0.25) is 0 Å². The molecule has 4 rings (SSSR count). The summed E-state index contributed by atoms with van der Waals surface area (Å²) in [5, 5.41) is 19.6. The number of nitrogens with zero attached hydrogens (tertiary/aromatic N) is 4. The molecule has 0 aliphatic heterocycles. The van der Waals surface area contributed by atoms with Gasteiger partial charge in [-0.25, -0.2) is 9.97 Å². The van der Waals surface area contributed by atoms with Gasteiger partial charge in [0.25, 0.3) is 0 Å². The Morgan fingerprint density at radius 2 is 2.06 bits per heavy atom. The van der Waals surface area contributed by atoms with Gasteiger partial charge < -0.3 is 20.5 Å². The summed E-state index contributed by atoms with van der Waals surface area (Å²) >= 11 is 0. The smallest absolute Gasteiger partial charge is 0.192 e. The van der Waals surface area contributed by atoms with E-state index in [1.165, 1.54) is 0 Å². The Morgan fingerprint density at radius 3 is 2.74 bits per heavy atom. The van der Waals surface area contributed by atoms with Crippen LogP contribution in [0.15, 0.2) is 41.1 Å². The van der Waals surface area contributed by atoms with Crippen LogP contribution in [0.25, 0.3) is 22.4 Å². The van der Waals surface area contributed by atoms with E-state index in [1.54, 1.807) is 11.6 Å². The third kappa shape index (κ3) is 4.28. The van der Waals surface area contributed by atoms with Crippen LogP contribution >= 0.6 is 0 Å². The van der Waals surface area contributed by atoms with Crippen molar-refractivity contribution in [3.8, 4) is 11.3 Å². The van der Waals surface area contributed by atoms with E-state index >= 15 is 0 Å². The van der Waals surface area contributed by atoms with Gasteiger partial charge in [-0.15, -0.1) is 0 Å². The summed E-state index contributed by atoms with van der Waals surface area (Å²) in [5.74, 6) is 0.610. The van der Waals surface area contributed by atoms with Gasteiger partial charge in [0.1, 0.15) is 11.2 Å². The fourth-order valence-electron chi connectivity index (χ4n) is 3.56. The molecule has 0 spiro atoms. The van der Waals surface area contributed by atoms with E-state index in [0.29, 0.717) is 23.8 Å². The van der Waals surface area contributed by atoms with Crippen LogP contribution in [0.4, 0.5) is 11.4 Å². The maximum absolute atomic E-state index is 8.37. The predicted molar refractivity (Wildman–Crippen MR) is 124 cm³/mol. The lowest BCUT2D eigenvalue weighted by molar-refractivity contribution is 0.561. The van der Waals surface area contributed by atoms with Gasteiger partial charge in [0.2, 0.25) is 0 Å². The zero-order valence-corrected chi connectivity index (χ0v) is 18.4. The molecule has 0 saturated heterocycles. The second kappa shape index (κ2) is 8.22. The van der Waals surface area contributed by atoms with Crippen LogP contribution in [0, 0.1) is 12.3 Å². The molecule has 0 fully saturated rings. The molecule has 0 atom stereocenters. The molecule has 1 aromatic carbocycles. The monoisotopic (exact) mass is 417 g/mol. The number of benzene rings is 1. The molecule has 3 N–H and O–H groups in total. The topological polar surface area (TPSA) is 105 Å². The zero-order chi connectivity index (χ0) is 22.1. The van der Waals surface area contributed by atoms with Crippen molar-refractivity contribution < 1.29 is 4.42 Å². The van der Waals surface area contributed by atoms with Crippen LogP contribution in [0.1, 0.15) is 37.9 Å². The first kappa shape index (κ1) is 20.6. The van der Waals surface area contributed by atoms with Gasteiger partial charge in [0.15, 0.2) is 11.5 Å². The highest BCUT2D eigenvalue weighted by Gasteiger charge is 2.18. The minimum atomic E-state index is 0.186. The predicted octanol–water partition coefficient (Wildman–Crippen LogP) is 4.75. The number of nitrogens with one attached hydrogen (secondary N) is 3. The number of pyridine rings is 1. The lowest BCUT2D eigenvalue weighted by Crippen LogP contribution is -2.17. The molecular weight excluding hydrogens is 390 g/mol. The number of hydrogen-bond acceptors (Lipinski definition) is 7. The molecule has 0 saturated carbocycles. The highest BCUT2D eigenvalue weighted by molar-refractivity contribution is 6.04. The molecule has 3 aromatic heterocycles. The first-order valence-electron chi connectivity index (χ1n) is 10.3. The van der Waals surface area contributed by atoms with Gasteiger partial charge in [0, 0.05) is 43.9 Å². The summed E-state index contributed by atoms with van der Waals surface area (Å²) in [7, 11) is 1.90. The quantitative estimate of drug-likeness (QED) is 0.375. The molecule has 31 heavy (non-hydrogen) atoms. The lowest BCUT2D eigenvalue weighted by Gasteiger charge is -2.20. The third-order valence-electron chi connectivity index (χ3n) is 4.85. The van der Waals surface area contributed by atoms with Gasteiger partial charge in [-0.1, -0.05) is 12.1 Å². The van der Waals surface area contributed by atoms with E-state index in [0.717, 1.165) is 39.3 Å². The van der Waals surface area contributed by atoms with Crippen LogP contribution in [0.3, 0.4) is 0 Å². The second-order valence-electron chi connectivity index (χ2n) is 7.96. The molecule has 0 aliphatic carbocycles. The molecule has 0 aliphatic rings. The van der Waals surface area contributed by atoms with Gasteiger partial charge >= 0.3 is 0 Å². The third-order valence-corrected chi connectivity index (χ3v) is 4.85. The van der Waals surface area contributed by atoms with Gasteiger partial charge in [0.05, 0.1) is 29.0 Å². The van der Waals surface area contributed by atoms with Crippen LogP contribution in [-0.2, 0) is 13.6 Å². The number of rotatable bonds is 7. The molecule has 8 nitrogen and oxygen atoms in total. The molecule has 0 radical (unpaired) electrons. The number of para-hydroxylation sites is 1. The Balaban J connectivity index is 1.85. The molecule has 3 heterocycles. The summed E-state index contributed by atoms with van der Waals surface area (Å²) in [6, 6.07) is 8.01. The first-order chi connectivity index (χ1) is 14.8. The first-order valence-corrected chi connectivity index (χ1v) is 10.3. The molecular formula is C23H27N7O. The largest absolute Gasteiger partial charge is 0.441 e. The normalized spacial score (nSPS) is 11.3. The van der Waals surface area contributed by atoms with Gasteiger partial charge in [-0.05, 0) is 32.9 Å². The van der Waals surface area contributed by atoms with Crippen molar-refractivity contribution in [2.24, 2.45) is 7.05 Å². The maximum atomic E-state index is 8.37. The highest BCUT2D eigenvalue weighted by Crippen LogP contribution is 2.34. The lowest BCUT2D eigenvalue weighted by atomic mass is 10.1. The summed E-state index contributed by atoms with van der Waals surface area (Å²) in [4.78, 5) is 9.40. The van der Waals surface area contributed by atoms with Crippen molar-refractivity contribution in [2.45, 2.75) is 40.3 Å². The van der Waals surface area contributed by atoms with E-state index < -0.39 is 0 Å². The van der Waals surface area contributed by atoms with E-state index in [4.69, 9.17) is 14.8 Å². The summed E-state index contributed by atoms with van der Waals surface area (Å²) < 4.78 is 7.48.